The summed E-state index contributed by atoms with van der Waals surface area (Å²) in [4.78, 5) is 11.9. The molecule has 1 atom stereocenters. The van der Waals surface area contributed by atoms with Gasteiger partial charge in [-0.05, 0) is 70.7 Å². The number of alkyl carbamates (subject to hydrolysis) is 1. The van der Waals surface area contributed by atoms with Crippen LogP contribution < -0.4 is 5.32 Å². The predicted octanol–water partition coefficient (Wildman–Crippen LogP) is 4.97. The van der Waals surface area contributed by atoms with Gasteiger partial charge in [0.05, 0.1) is 6.61 Å². The first kappa shape index (κ1) is 25.7. The van der Waals surface area contributed by atoms with E-state index in [-0.39, 0.29) is 6.61 Å². The molecular weight excluding hydrogens is 378 g/mol. The molecule has 0 radical (unpaired) electrons. The van der Waals surface area contributed by atoms with E-state index >= 15 is 0 Å². The van der Waals surface area contributed by atoms with Crippen molar-refractivity contribution in [2.75, 3.05) is 6.61 Å². The monoisotopic (exact) mass is 415 g/mol. The van der Waals surface area contributed by atoms with Gasteiger partial charge in [-0.1, -0.05) is 50.3 Å². The highest BCUT2D eigenvalue weighted by atomic mass is 16.6. The summed E-state index contributed by atoms with van der Waals surface area (Å²) in [5.41, 5.74) is 0.980. The van der Waals surface area contributed by atoms with Crippen molar-refractivity contribution < 1.29 is 19.4 Å². The van der Waals surface area contributed by atoms with Gasteiger partial charge in [-0.2, -0.15) is 0 Å². The molecule has 5 nitrogen and oxygen atoms in total. The number of benzene rings is 1. The van der Waals surface area contributed by atoms with Gasteiger partial charge in [-0.15, -0.1) is 0 Å². The van der Waals surface area contributed by atoms with Gasteiger partial charge >= 0.3 is 6.09 Å². The molecule has 0 heterocycles. The van der Waals surface area contributed by atoms with E-state index in [1.54, 1.807) is 34.6 Å². The third-order valence-corrected chi connectivity index (χ3v) is 4.18. The van der Waals surface area contributed by atoms with Gasteiger partial charge in [0, 0.05) is 5.56 Å². The van der Waals surface area contributed by atoms with Crippen molar-refractivity contribution in [3.63, 3.8) is 0 Å². The van der Waals surface area contributed by atoms with Crippen LogP contribution in [0.5, 0.6) is 0 Å². The number of amides is 1. The van der Waals surface area contributed by atoms with Crippen LogP contribution in [0.15, 0.2) is 36.4 Å². The molecule has 0 aliphatic carbocycles. The SMILES string of the molecule is C=C(COC(C)(C)NC(=O)OC(C)(C)C)[C@@H](O)C#Cc1ccc(CCCCC)cc1. The molecule has 0 bridgehead atoms. The number of rotatable bonds is 9. The van der Waals surface area contributed by atoms with Crippen LogP contribution in [-0.4, -0.2) is 35.2 Å². The molecule has 166 valence electrons. The zero-order chi connectivity index (χ0) is 22.8. The lowest BCUT2D eigenvalue weighted by Gasteiger charge is -2.29. The molecule has 1 aromatic rings. The van der Waals surface area contributed by atoms with Crippen molar-refractivity contribution in [2.45, 2.75) is 84.7 Å². The van der Waals surface area contributed by atoms with E-state index in [9.17, 15) is 9.90 Å². The third-order valence-electron chi connectivity index (χ3n) is 4.18. The Bertz CT molecular complexity index is 748. The molecule has 5 heteroatoms. The second-order valence-corrected chi connectivity index (χ2v) is 8.91. The van der Waals surface area contributed by atoms with Gasteiger partial charge in [0.15, 0.2) is 0 Å². The van der Waals surface area contributed by atoms with Crippen molar-refractivity contribution in [1.29, 1.82) is 0 Å². The van der Waals surface area contributed by atoms with E-state index in [1.807, 2.05) is 12.1 Å². The average Bonchev–Trinajstić information content (AvgIpc) is 2.63. The maximum Gasteiger partial charge on any atom is 0.409 e. The zero-order valence-electron chi connectivity index (χ0n) is 19.3. The quantitative estimate of drug-likeness (QED) is 0.259. The lowest BCUT2D eigenvalue weighted by atomic mass is 10.1. The van der Waals surface area contributed by atoms with Crippen LogP contribution in [-0.2, 0) is 15.9 Å². The number of carbonyl (C=O) groups excluding carboxylic acids is 1. The minimum Gasteiger partial charge on any atom is -0.444 e. The molecule has 0 saturated carbocycles. The van der Waals surface area contributed by atoms with E-state index < -0.39 is 23.5 Å². The van der Waals surface area contributed by atoms with Crippen LogP contribution in [0, 0.1) is 11.8 Å². The van der Waals surface area contributed by atoms with Gasteiger partial charge in [0.2, 0.25) is 0 Å². The van der Waals surface area contributed by atoms with Crippen molar-refractivity contribution in [1.82, 2.24) is 5.32 Å². The summed E-state index contributed by atoms with van der Waals surface area (Å²) in [7, 11) is 0. The second kappa shape index (κ2) is 11.8. The Morgan fingerprint density at radius 3 is 2.37 bits per heavy atom. The number of aliphatic hydroxyl groups excluding tert-OH is 1. The largest absolute Gasteiger partial charge is 0.444 e. The van der Waals surface area contributed by atoms with Crippen LogP contribution in [0.25, 0.3) is 0 Å². The Kier molecular flexibility index (Phi) is 10.1. The molecule has 0 unspecified atom stereocenters. The highest BCUT2D eigenvalue weighted by molar-refractivity contribution is 5.68. The average molecular weight is 416 g/mol. The molecule has 0 saturated heterocycles. The fourth-order valence-electron chi connectivity index (χ4n) is 2.53. The van der Waals surface area contributed by atoms with E-state index in [0.29, 0.717) is 5.57 Å². The van der Waals surface area contributed by atoms with Crippen molar-refractivity contribution >= 4 is 6.09 Å². The number of carbonyl (C=O) groups is 1. The molecule has 0 spiro atoms. The molecule has 0 aliphatic heterocycles. The number of unbranched alkanes of at least 4 members (excludes halogenated alkanes) is 2. The van der Waals surface area contributed by atoms with Crippen LogP contribution >= 0.6 is 0 Å². The summed E-state index contributed by atoms with van der Waals surface area (Å²) in [6.45, 7) is 14.9. The summed E-state index contributed by atoms with van der Waals surface area (Å²) in [5, 5.41) is 12.9. The van der Waals surface area contributed by atoms with Gasteiger partial charge in [0.25, 0.3) is 0 Å². The van der Waals surface area contributed by atoms with Gasteiger partial charge < -0.3 is 14.6 Å². The second-order valence-electron chi connectivity index (χ2n) is 8.91. The summed E-state index contributed by atoms with van der Waals surface area (Å²) < 4.78 is 10.9. The van der Waals surface area contributed by atoms with E-state index in [1.165, 1.54) is 24.8 Å². The Balaban J connectivity index is 2.52. The standard InChI is InChI=1S/C25H37NO4/c1-8-9-10-11-20-12-14-21(15-13-20)16-17-22(27)19(2)18-29-25(6,7)26-23(28)30-24(3,4)5/h12-15,22,27H,2,8-11,18H2,1,3-7H3,(H,26,28)/t22-/m0/s1. The Hall–Kier alpha value is -2.29. The lowest BCUT2D eigenvalue weighted by Crippen LogP contribution is -2.48. The summed E-state index contributed by atoms with van der Waals surface area (Å²) in [5.74, 6) is 5.76. The predicted molar refractivity (Wildman–Crippen MR) is 121 cm³/mol. The van der Waals surface area contributed by atoms with Gasteiger partial charge in [0.1, 0.15) is 17.4 Å². The third kappa shape index (κ3) is 11.0. The number of aliphatic hydroxyl groups is 1. The van der Waals surface area contributed by atoms with Crippen molar-refractivity contribution in [3.05, 3.63) is 47.5 Å². The minimum absolute atomic E-state index is 0.0506. The number of nitrogens with one attached hydrogen (secondary N) is 1. The van der Waals surface area contributed by atoms with Crippen LogP contribution in [0.3, 0.4) is 0 Å². The van der Waals surface area contributed by atoms with Gasteiger partial charge in [-0.25, -0.2) is 4.79 Å². The molecular formula is C25H37NO4. The Morgan fingerprint density at radius 1 is 1.17 bits per heavy atom. The Morgan fingerprint density at radius 2 is 1.80 bits per heavy atom. The normalized spacial score (nSPS) is 12.5. The minimum atomic E-state index is -1.02. The highest BCUT2D eigenvalue weighted by Gasteiger charge is 2.25. The van der Waals surface area contributed by atoms with Crippen molar-refractivity contribution in [2.24, 2.45) is 0 Å². The topological polar surface area (TPSA) is 67.8 Å². The first-order valence-electron chi connectivity index (χ1n) is 10.5. The van der Waals surface area contributed by atoms with Gasteiger partial charge in [-0.3, -0.25) is 5.32 Å². The molecule has 0 fully saturated rings. The van der Waals surface area contributed by atoms with Crippen LogP contribution in [0.4, 0.5) is 4.79 Å². The van der Waals surface area contributed by atoms with E-state index in [0.717, 1.165) is 12.0 Å². The molecule has 0 aliphatic rings. The molecule has 1 rings (SSSR count). The molecule has 30 heavy (non-hydrogen) atoms. The fraction of sp³-hybridized carbons (Fsp3) is 0.560. The summed E-state index contributed by atoms with van der Waals surface area (Å²) in [6.07, 6.45) is 3.12. The van der Waals surface area contributed by atoms with E-state index in [4.69, 9.17) is 9.47 Å². The summed E-state index contributed by atoms with van der Waals surface area (Å²) in [6, 6.07) is 8.09. The number of hydrogen-bond donors (Lipinski definition) is 2. The first-order valence-corrected chi connectivity index (χ1v) is 10.5. The van der Waals surface area contributed by atoms with E-state index in [2.05, 4.69) is 42.8 Å². The number of hydrogen-bond acceptors (Lipinski definition) is 4. The molecule has 1 amide bonds. The molecule has 2 N–H and O–H groups in total. The van der Waals surface area contributed by atoms with Crippen molar-refractivity contribution in [3.8, 4) is 11.8 Å². The number of ether oxygens (including phenoxy) is 2. The highest BCUT2D eigenvalue weighted by Crippen LogP contribution is 2.13. The maximum absolute atomic E-state index is 11.9. The summed E-state index contributed by atoms with van der Waals surface area (Å²) >= 11 is 0. The zero-order valence-corrected chi connectivity index (χ0v) is 19.3. The van der Waals surface area contributed by atoms with Crippen LogP contribution in [0.2, 0.25) is 0 Å². The fourth-order valence-corrected chi connectivity index (χ4v) is 2.53. The lowest BCUT2D eigenvalue weighted by molar-refractivity contribution is -0.0414. The maximum atomic E-state index is 11.9. The Labute approximate surface area is 181 Å². The van der Waals surface area contributed by atoms with Crippen LogP contribution in [0.1, 0.15) is 71.9 Å². The first-order chi connectivity index (χ1) is 13.9. The number of aryl methyl sites for hydroxylation is 1. The molecule has 1 aromatic carbocycles. The molecule has 0 aromatic heterocycles. The smallest absolute Gasteiger partial charge is 0.409 e.